The summed E-state index contributed by atoms with van der Waals surface area (Å²) in [7, 11) is 1.98. The van der Waals surface area contributed by atoms with Crippen LogP contribution in [0.1, 0.15) is 43.0 Å². The molecule has 0 unspecified atom stereocenters. The van der Waals surface area contributed by atoms with E-state index in [4.69, 9.17) is 0 Å². The van der Waals surface area contributed by atoms with E-state index in [0.29, 0.717) is 24.1 Å². The number of thioether (sulfide) groups is 1. The van der Waals surface area contributed by atoms with E-state index in [1.165, 1.54) is 30.2 Å². The van der Waals surface area contributed by atoms with Crippen LogP contribution in [0.3, 0.4) is 0 Å². The van der Waals surface area contributed by atoms with Crippen molar-refractivity contribution in [2.24, 2.45) is 7.05 Å². The number of hydrogen-bond donors (Lipinski definition) is 1. The first-order chi connectivity index (χ1) is 11.1. The highest BCUT2D eigenvalue weighted by atomic mass is 32.2. The van der Waals surface area contributed by atoms with Crippen LogP contribution in [0.2, 0.25) is 0 Å². The molecule has 122 valence electrons. The molecule has 1 aliphatic rings. The normalized spacial score (nSPS) is 15.4. The second-order valence-corrected chi connectivity index (χ2v) is 7.02. The molecule has 23 heavy (non-hydrogen) atoms. The van der Waals surface area contributed by atoms with Gasteiger partial charge in [-0.1, -0.05) is 49.0 Å². The average Bonchev–Trinajstić information content (AvgIpc) is 3.35. The second-order valence-electron chi connectivity index (χ2n) is 6.08. The molecule has 0 spiro atoms. The Hall–Kier alpha value is -1.82. The maximum atomic E-state index is 12.0. The van der Waals surface area contributed by atoms with E-state index < -0.39 is 0 Å². The first-order valence-corrected chi connectivity index (χ1v) is 8.97. The molecule has 1 N–H and O–H groups in total. The Morgan fingerprint density at radius 1 is 1.35 bits per heavy atom. The van der Waals surface area contributed by atoms with Crippen molar-refractivity contribution < 1.29 is 4.79 Å². The van der Waals surface area contributed by atoms with Crippen molar-refractivity contribution in [3.05, 3.63) is 41.7 Å². The largest absolute Gasteiger partial charge is 0.355 e. The molecule has 3 rings (SSSR count). The van der Waals surface area contributed by atoms with Gasteiger partial charge >= 0.3 is 0 Å². The molecule has 6 heteroatoms. The molecule has 1 aromatic heterocycles. The summed E-state index contributed by atoms with van der Waals surface area (Å²) >= 11 is 1.45. The summed E-state index contributed by atoms with van der Waals surface area (Å²) < 4.78 is 2.02. The third-order valence-electron chi connectivity index (χ3n) is 4.12. The van der Waals surface area contributed by atoms with E-state index in [9.17, 15) is 4.79 Å². The molecule has 1 atom stereocenters. The number of carbonyl (C=O) groups excluding carboxylic acids is 1. The van der Waals surface area contributed by atoms with Gasteiger partial charge in [-0.25, -0.2) is 0 Å². The number of amides is 1. The zero-order valence-corrected chi connectivity index (χ0v) is 14.3. The molecule has 0 radical (unpaired) electrons. The van der Waals surface area contributed by atoms with Crippen molar-refractivity contribution in [3.8, 4) is 0 Å². The number of rotatable bonds is 7. The molecule has 1 fully saturated rings. The Labute approximate surface area is 140 Å². The van der Waals surface area contributed by atoms with E-state index in [0.717, 1.165) is 11.0 Å². The Morgan fingerprint density at radius 3 is 2.78 bits per heavy atom. The van der Waals surface area contributed by atoms with Gasteiger partial charge in [0.15, 0.2) is 5.16 Å². The van der Waals surface area contributed by atoms with Crippen molar-refractivity contribution >= 4 is 17.7 Å². The smallest absolute Gasteiger partial charge is 0.230 e. The predicted molar refractivity (Wildman–Crippen MR) is 91.6 cm³/mol. The molecule has 1 saturated carbocycles. The molecule has 1 aromatic carbocycles. The molecular formula is C17H22N4OS. The molecule has 1 amide bonds. The fraction of sp³-hybridized carbons (Fsp3) is 0.471. The van der Waals surface area contributed by atoms with Gasteiger partial charge in [0.2, 0.25) is 5.91 Å². The molecule has 1 heterocycles. The van der Waals surface area contributed by atoms with Crippen LogP contribution >= 0.6 is 11.8 Å². The summed E-state index contributed by atoms with van der Waals surface area (Å²) in [5.41, 5.74) is 1.24. The predicted octanol–water partition coefficient (Wildman–Crippen LogP) is 2.70. The third kappa shape index (κ3) is 4.13. The van der Waals surface area contributed by atoms with Gasteiger partial charge in [0.05, 0.1) is 5.75 Å². The van der Waals surface area contributed by atoms with E-state index in [1.807, 2.05) is 29.8 Å². The van der Waals surface area contributed by atoms with Gasteiger partial charge in [0, 0.05) is 19.5 Å². The first kappa shape index (κ1) is 16.1. The van der Waals surface area contributed by atoms with Crippen molar-refractivity contribution in [1.29, 1.82) is 0 Å². The van der Waals surface area contributed by atoms with Gasteiger partial charge in [-0.2, -0.15) is 0 Å². The van der Waals surface area contributed by atoms with Gasteiger partial charge in [0.25, 0.3) is 0 Å². The number of nitrogens with one attached hydrogen (secondary N) is 1. The van der Waals surface area contributed by atoms with Gasteiger partial charge in [-0.15, -0.1) is 10.2 Å². The zero-order valence-electron chi connectivity index (χ0n) is 13.5. The summed E-state index contributed by atoms with van der Waals surface area (Å²) in [5.74, 6) is 2.33. The SMILES string of the molecule is C[C@H](CNC(=O)CSc1nnc(C2CC2)n1C)c1ccccc1. The van der Waals surface area contributed by atoms with Crippen molar-refractivity contribution in [3.63, 3.8) is 0 Å². The lowest BCUT2D eigenvalue weighted by Gasteiger charge is -2.12. The minimum Gasteiger partial charge on any atom is -0.355 e. The minimum atomic E-state index is 0.0359. The Morgan fingerprint density at radius 2 is 2.09 bits per heavy atom. The Balaban J connectivity index is 1.44. The highest BCUT2D eigenvalue weighted by Gasteiger charge is 2.29. The standard InChI is InChI=1S/C17H22N4OS/c1-12(13-6-4-3-5-7-13)10-18-15(22)11-23-17-20-19-16(21(17)2)14-8-9-14/h3-7,12,14H,8-11H2,1-2H3,(H,18,22)/t12-/m1/s1. The highest BCUT2D eigenvalue weighted by Crippen LogP contribution is 2.39. The maximum Gasteiger partial charge on any atom is 0.230 e. The lowest BCUT2D eigenvalue weighted by Crippen LogP contribution is -2.29. The monoisotopic (exact) mass is 330 g/mol. The topological polar surface area (TPSA) is 59.8 Å². The number of nitrogens with zero attached hydrogens (tertiary/aromatic N) is 3. The number of carbonyl (C=O) groups is 1. The van der Waals surface area contributed by atoms with Crippen LogP contribution in [-0.4, -0.2) is 33.0 Å². The lowest BCUT2D eigenvalue weighted by molar-refractivity contribution is -0.118. The molecule has 0 bridgehead atoms. The number of hydrogen-bond acceptors (Lipinski definition) is 4. The van der Waals surface area contributed by atoms with Crippen LogP contribution in [0.5, 0.6) is 0 Å². The fourth-order valence-corrected chi connectivity index (χ4v) is 3.24. The van der Waals surface area contributed by atoms with Crippen molar-refractivity contribution in [2.75, 3.05) is 12.3 Å². The van der Waals surface area contributed by atoms with Gasteiger partial charge in [-0.3, -0.25) is 4.79 Å². The van der Waals surface area contributed by atoms with Gasteiger partial charge in [-0.05, 0) is 24.3 Å². The van der Waals surface area contributed by atoms with Crippen LogP contribution in [-0.2, 0) is 11.8 Å². The molecule has 5 nitrogen and oxygen atoms in total. The summed E-state index contributed by atoms with van der Waals surface area (Å²) in [6.07, 6.45) is 2.41. The first-order valence-electron chi connectivity index (χ1n) is 7.99. The highest BCUT2D eigenvalue weighted by molar-refractivity contribution is 7.99. The van der Waals surface area contributed by atoms with Crippen LogP contribution in [0.4, 0.5) is 0 Å². The lowest BCUT2D eigenvalue weighted by atomic mass is 10.0. The quantitative estimate of drug-likeness (QED) is 0.793. The summed E-state index contributed by atoms with van der Waals surface area (Å²) in [6, 6.07) is 10.2. The van der Waals surface area contributed by atoms with E-state index >= 15 is 0 Å². The van der Waals surface area contributed by atoms with Gasteiger partial charge < -0.3 is 9.88 Å². The van der Waals surface area contributed by atoms with Crippen molar-refractivity contribution in [2.45, 2.75) is 36.8 Å². The van der Waals surface area contributed by atoms with Gasteiger partial charge in [0.1, 0.15) is 5.82 Å². The molecule has 0 saturated heterocycles. The minimum absolute atomic E-state index is 0.0359. The third-order valence-corrected chi connectivity index (χ3v) is 5.14. The average molecular weight is 330 g/mol. The van der Waals surface area contributed by atoms with E-state index in [2.05, 4.69) is 34.6 Å². The number of aromatic nitrogens is 3. The summed E-state index contributed by atoms with van der Waals surface area (Å²) in [4.78, 5) is 12.0. The Bertz CT molecular complexity index is 666. The Kier molecular flexibility index (Phi) is 5.00. The zero-order chi connectivity index (χ0) is 16.2. The fourth-order valence-electron chi connectivity index (χ4n) is 2.50. The van der Waals surface area contributed by atoms with Crippen LogP contribution in [0.15, 0.2) is 35.5 Å². The molecule has 0 aliphatic heterocycles. The number of benzene rings is 1. The van der Waals surface area contributed by atoms with E-state index in [-0.39, 0.29) is 5.91 Å². The van der Waals surface area contributed by atoms with Crippen LogP contribution in [0.25, 0.3) is 0 Å². The summed E-state index contributed by atoms with van der Waals surface area (Å²) in [6.45, 7) is 2.77. The van der Waals surface area contributed by atoms with Crippen LogP contribution < -0.4 is 5.32 Å². The maximum absolute atomic E-state index is 12.0. The van der Waals surface area contributed by atoms with Crippen LogP contribution in [0, 0.1) is 0 Å². The second kappa shape index (κ2) is 7.17. The van der Waals surface area contributed by atoms with E-state index in [1.54, 1.807) is 0 Å². The summed E-state index contributed by atoms with van der Waals surface area (Å²) in [5, 5.41) is 12.2. The molecule has 1 aliphatic carbocycles. The van der Waals surface area contributed by atoms with Crippen molar-refractivity contribution in [1.82, 2.24) is 20.1 Å². The molecular weight excluding hydrogens is 308 g/mol. The molecule has 2 aromatic rings.